The third-order valence-corrected chi connectivity index (χ3v) is 4.36. The lowest BCUT2D eigenvalue weighted by Crippen LogP contribution is -1.92. The molecule has 0 fully saturated rings. The lowest BCUT2D eigenvalue weighted by molar-refractivity contribution is 0.411. The van der Waals surface area contributed by atoms with Gasteiger partial charge < -0.3 is 10.5 Å². The Bertz CT molecular complexity index is 454. The Hall–Kier alpha value is -1.13. The predicted molar refractivity (Wildman–Crippen MR) is 71.3 cm³/mol. The molecule has 1 aromatic carbocycles. The molecule has 0 saturated carbocycles. The van der Waals surface area contributed by atoms with E-state index in [1.54, 1.807) is 18.4 Å². The van der Waals surface area contributed by atoms with E-state index in [9.17, 15) is 0 Å². The van der Waals surface area contributed by atoms with Crippen LogP contribution < -0.4 is 10.5 Å². The summed E-state index contributed by atoms with van der Waals surface area (Å²) >= 11 is 3.57. The summed E-state index contributed by atoms with van der Waals surface area (Å²) in [6.07, 6.45) is 0. The maximum atomic E-state index is 5.71. The van der Waals surface area contributed by atoms with Gasteiger partial charge in [0.15, 0.2) is 0 Å². The highest BCUT2D eigenvalue weighted by Gasteiger charge is 2.04. The predicted octanol–water partition coefficient (Wildman–Crippen LogP) is 3.63. The van der Waals surface area contributed by atoms with Gasteiger partial charge in [0.25, 0.3) is 0 Å². The van der Waals surface area contributed by atoms with Crippen LogP contribution in [0.25, 0.3) is 0 Å². The van der Waals surface area contributed by atoms with Gasteiger partial charge in [-0.2, -0.15) is 0 Å². The second-order valence-corrected chi connectivity index (χ2v) is 5.52. The fourth-order valence-corrected chi connectivity index (χ4v) is 3.15. The molecule has 2 nitrogen and oxygen atoms in total. The van der Waals surface area contributed by atoms with Crippen LogP contribution in [0.15, 0.2) is 39.9 Å². The van der Waals surface area contributed by atoms with Crippen molar-refractivity contribution in [3.05, 3.63) is 41.3 Å². The van der Waals surface area contributed by atoms with Crippen molar-refractivity contribution in [2.45, 2.75) is 9.96 Å². The number of thiophene rings is 1. The van der Waals surface area contributed by atoms with Crippen molar-refractivity contribution < 1.29 is 4.74 Å². The van der Waals surface area contributed by atoms with Crippen molar-refractivity contribution >= 4 is 28.8 Å². The van der Waals surface area contributed by atoms with Crippen LogP contribution in [0.5, 0.6) is 5.75 Å². The van der Waals surface area contributed by atoms with Crippen molar-refractivity contribution in [2.24, 2.45) is 0 Å². The maximum absolute atomic E-state index is 5.71. The Kier molecular flexibility index (Phi) is 3.74. The molecule has 2 rings (SSSR count). The number of rotatable bonds is 4. The van der Waals surface area contributed by atoms with E-state index in [2.05, 4.69) is 17.5 Å². The monoisotopic (exact) mass is 251 g/mol. The summed E-state index contributed by atoms with van der Waals surface area (Å²) in [6.45, 7) is 0. The van der Waals surface area contributed by atoms with Crippen molar-refractivity contribution in [3.8, 4) is 5.75 Å². The summed E-state index contributed by atoms with van der Waals surface area (Å²) in [4.78, 5) is 0. The minimum Gasteiger partial charge on any atom is -0.496 e. The molecule has 0 bridgehead atoms. The molecule has 0 radical (unpaired) electrons. The molecule has 1 aromatic heterocycles. The van der Waals surface area contributed by atoms with E-state index in [1.807, 2.05) is 30.0 Å². The smallest absolute Gasteiger partial charge is 0.124 e. The first-order valence-corrected chi connectivity index (χ1v) is 6.75. The number of nitrogens with two attached hydrogens (primary N) is 1. The van der Waals surface area contributed by atoms with E-state index < -0.39 is 0 Å². The van der Waals surface area contributed by atoms with E-state index in [0.29, 0.717) is 0 Å². The number of thioether (sulfide) groups is 1. The van der Waals surface area contributed by atoms with Crippen LogP contribution in [0.4, 0.5) is 5.69 Å². The van der Waals surface area contributed by atoms with Gasteiger partial charge in [0.05, 0.1) is 11.3 Å². The van der Waals surface area contributed by atoms with Crippen LogP contribution in [0, 0.1) is 0 Å². The Morgan fingerprint density at radius 3 is 2.94 bits per heavy atom. The standard InChI is InChI=1S/C12H13NOS2/c1-14-11-7-10(13)5-4-9(11)8-16-12-3-2-6-15-12/h2-7H,8,13H2,1H3. The molecule has 0 aliphatic heterocycles. The molecule has 2 N–H and O–H groups in total. The summed E-state index contributed by atoms with van der Waals surface area (Å²) in [5, 5.41) is 2.09. The minimum atomic E-state index is 0.738. The highest BCUT2D eigenvalue weighted by molar-refractivity contribution is 8.00. The van der Waals surface area contributed by atoms with Gasteiger partial charge in [-0.25, -0.2) is 0 Å². The summed E-state index contributed by atoms with van der Waals surface area (Å²) in [5.74, 6) is 1.77. The number of hydrogen-bond acceptors (Lipinski definition) is 4. The number of hydrogen-bond donors (Lipinski definition) is 1. The molecule has 0 aliphatic rings. The summed E-state index contributed by atoms with van der Waals surface area (Å²) < 4.78 is 6.62. The largest absolute Gasteiger partial charge is 0.496 e. The quantitative estimate of drug-likeness (QED) is 0.665. The summed E-state index contributed by atoms with van der Waals surface area (Å²) in [7, 11) is 1.67. The van der Waals surface area contributed by atoms with Gasteiger partial charge in [-0.15, -0.1) is 23.1 Å². The van der Waals surface area contributed by atoms with E-state index in [0.717, 1.165) is 17.2 Å². The molecule has 2 aromatic rings. The van der Waals surface area contributed by atoms with Crippen LogP contribution in [0.3, 0.4) is 0 Å². The number of benzene rings is 1. The van der Waals surface area contributed by atoms with E-state index in [-0.39, 0.29) is 0 Å². The zero-order valence-corrected chi connectivity index (χ0v) is 10.6. The summed E-state index contributed by atoms with van der Waals surface area (Å²) in [6, 6.07) is 9.98. The van der Waals surface area contributed by atoms with E-state index in [4.69, 9.17) is 10.5 Å². The number of ether oxygens (including phenoxy) is 1. The summed E-state index contributed by atoms with van der Waals surface area (Å²) in [5.41, 5.74) is 7.62. The second kappa shape index (κ2) is 5.27. The molecule has 0 spiro atoms. The molecule has 1 heterocycles. The molecule has 0 aliphatic carbocycles. The van der Waals surface area contributed by atoms with Gasteiger partial charge in [-0.1, -0.05) is 12.1 Å². The first-order valence-electron chi connectivity index (χ1n) is 4.88. The van der Waals surface area contributed by atoms with Crippen LogP contribution in [-0.2, 0) is 5.75 Å². The van der Waals surface area contributed by atoms with Crippen molar-refractivity contribution in [1.29, 1.82) is 0 Å². The highest BCUT2D eigenvalue weighted by atomic mass is 32.2. The van der Waals surface area contributed by atoms with Gasteiger partial charge in [0.2, 0.25) is 0 Å². The Balaban J connectivity index is 2.09. The molecular weight excluding hydrogens is 238 g/mol. The van der Waals surface area contributed by atoms with E-state index >= 15 is 0 Å². The normalized spacial score (nSPS) is 10.3. The minimum absolute atomic E-state index is 0.738. The second-order valence-electron chi connectivity index (χ2n) is 3.29. The van der Waals surface area contributed by atoms with Crippen molar-refractivity contribution in [3.63, 3.8) is 0 Å². The molecule has 0 saturated heterocycles. The third-order valence-electron chi connectivity index (χ3n) is 2.18. The zero-order valence-electron chi connectivity index (χ0n) is 8.97. The first kappa shape index (κ1) is 11.4. The molecule has 0 amide bonds. The molecule has 16 heavy (non-hydrogen) atoms. The highest BCUT2D eigenvalue weighted by Crippen LogP contribution is 2.31. The number of nitrogen functional groups attached to an aromatic ring is 1. The van der Waals surface area contributed by atoms with Gasteiger partial charge >= 0.3 is 0 Å². The Labute approximate surface area is 103 Å². The fourth-order valence-electron chi connectivity index (χ4n) is 1.37. The molecule has 0 atom stereocenters. The maximum Gasteiger partial charge on any atom is 0.124 e. The molecule has 4 heteroatoms. The van der Waals surface area contributed by atoms with Crippen LogP contribution in [0.1, 0.15) is 5.56 Å². The van der Waals surface area contributed by atoms with Gasteiger partial charge in [0.1, 0.15) is 5.75 Å². The number of anilines is 1. The van der Waals surface area contributed by atoms with Crippen LogP contribution in [0.2, 0.25) is 0 Å². The lowest BCUT2D eigenvalue weighted by Gasteiger charge is -2.08. The molecule has 0 unspecified atom stereocenters. The van der Waals surface area contributed by atoms with Crippen LogP contribution in [-0.4, -0.2) is 7.11 Å². The van der Waals surface area contributed by atoms with Gasteiger partial charge in [0, 0.05) is 23.1 Å². The Morgan fingerprint density at radius 2 is 2.25 bits per heavy atom. The van der Waals surface area contributed by atoms with Gasteiger partial charge in [-0.05, 0) is 17.5 Å². The van der Waals surface area contributed by atoms with E-state index in [1.165, 1.54) is 9.77 Å². The average Bonchev–Trinajstić information content (AvgIpc) is 2.80. The zero-order chi connectivity index (χ0) is 11.4. The Morgan fingerprint density at radius 1 is 1.38 bits per heavy atom. The first-order chi connectivity index (χ1) is 7.79. The van der Waals surface area contributed by atoms with Gasteiger partial charge in [-0.3, -0.25) is 0 Å². The van der Waals surface area contributed by atoms with Crippen molar-refractivity contribution in [1.82, 2.24) is 0 Å². The lowest BCUT2D eigenvalue weighted by atomic mass is 10.2. The number of methoxy groups -OCH3 is 1. The van der Waals surface area contributed by atoms with Crippen LogP contribution >= 0.6 is 23.1 Å². The molecular formula is C12H13NOS2. The topological polar surface area (TPSA) is 35.2 Å². The fraction of sp³-hybridized carbons (Fsp3) is 0.167. The SMILES string of the molecule is COc1cc(N)ccc1CSc1cccs1. The molecule has 84 valence electrons. The third kappa shape index (κ3) is 2.71. The van der Waals surface area contributed by atoms with Crippen molar-refractivity contribution in [2.75, 3.05) is 12.8 Å². The average molecular weight is 251 g/mol.